The Morgan fingerprint density at radius 1 is 0.739 bits per heavy atom. The molecule has 0 aliphatic heterocycles. The Labute approximate surface area is 138 Å². The zero-order chi connectivity index (χ0) is 15.8. The number of hydrogen-bond acceptors (Lipinski definition) is 4. The molecule has 0 radical (unpaired) electrons. The predicted molar refractivity (Wildman–Crippen MR) is 95.6 cm³/mol. The topological polar surface area (TPSA) is 38.7 Å². The lowest BCUT2D eigenvalue weighted by Gasteiger charge is -2.02. The van der Waals surface area contributed by atoms with Crippen molar-refractivity contribution in [2.45, 2.75) is 13.8 Å². The Kier molecular flexibility index (Phi) is 3.39. The summed E-state index contributed by atoms with van der Waals surface area (Å²) in [4.78, 5) is 5.64. The SMILES string of the molecule is Cc1ccc(-c2nnc3scc(-c4ccc(C)cc4)c3n2)cc1. The number of rotatable bonds is 2. The normalized spacial score (nSPS) is 11.0. The van der Waals surface area contributed by atoms with Gasteiger partial charge < -0.3 is 0 Å². The highest BCUT2D eigenvalue weighted by Gasteiger charge is 2.12. The largest absolute Gasteiger partial charge is 0.223 e. The van der Waals surface area contributed by atoms with Crippen LogP contribution < -0.4 is 0 Å². The molecule has 0 spiro atoms. The second-order valence-electron chi connectivity index (χ2n) is 5.67. The summed E-state index contributed by atoms with van der Waals surface area (Å²) >= 11 is 1.58. The minimum Gasteiger partial charge on any atom is -0.223 e. The number of nitrogens with zero attached hydrogens (tertiary/aromatic N) is 3. The van der Waals surface area contributed by atoms with Crippen LogP contribution in [-0.4, -0.2) is 15.2 Å². The van der Waals surface area contributed by atoms with E-state index in [0.717, 1.165) is 27.0 Å². The van der Waals surface area contributed by atoms with Gasteiger partial charge in [0, 0.05) is 16.5 Å². The van der Waals surface area contributed by atoms with Gasteiger partial charge in [0.25, 0.3) is 0 Å². The van der Waals surface area contributed by atoms with Gasteiger partial charge >= 0.3 is 0 Å². The van der Waals surface area contributed by atoms with Crippen LogP contribution in [-0.2, 0) is 0 Å². The summed E-state index contributed by atoms with van der Waals surface area (Å²) in [6, 6.07) is 16.7. The maximum atomic E-state index is 4.77. The lowest BCUT2D eigenvalue weighted by Crippen LogP contribution is -1.92. The Hall–Kier alpha value is -2.59. The zero-order valence-corrected chi connectivity index (χ0v) is 13.8. The average molecular weight is 317 g/mol. The van der Waals surface area contributed by atoms with Gasteiger partial charge in [-0.25, -0.2) is 4.98 Å². The minimum absolute atomic E-state index is 0.671. The van der Waals surface area contributed by atoms with Crippen molar-refractivity contribution >= 4 is 21.7 Å². The number of aryl methyl sites for hydroxylation is 2. The van der Waals surface area contributed by atoms with Crippen LogP contribution in [0, 0.1) is 13.8 Å². The molecular formula is C19H15N3S. The van der Waals surface area contributed by atoms with Crippen molar-refractivity contribution in [2.24, 2.45) is 0 Å². The highest BCUT2D eigenvalue weighted by atomic mass is 32.1. The third-order valence-corrected chi connectivity index (χ3v) is 4.72. The van der Waals surface area contributed by atoms with E-state index >= 15 is 0 Å². The van der Waals surface area contributed by atoms with E-state index in [1.165, 1.54) is 11.1 Å². The van der Waals surface area contributed by atoms with Crippen molar-refractivity contribution in [1.29, 1.82) is 0 Å². The number of hydrogen-bond donors (Lipinski definition) is 0. The lowest BCUT2D eigenvalue weighted by atomic mass is 10.1. The fraction of sp³-hybridized carbons (Fsp3) is 0.105. The summed E-state index contributed by atoms with van der Waals surface area (Å²) in [5, 5.41) is 10.7. The molecule has 0 saturated carbocycles. The quantitative estimate of drug-likeness (QED) is 0.520. The van der Waals surface area contributed by atoms with Crippen LogP contribution in [0.1, 0.15) is 11.1 Å². The van der Waals surface area contributed by atoms with E-state index in [2.05, 4.69) is 65.8 Å². The number of fused-ring (bicyclic) bond motifs is 1. The minimum atomic E-state index is 0.671. The van der Waals surface area contributed by atoms with Crippen molar-refractivity contribution in [3.05, 3.63) is 65.0 Å². The van der Waals surface area contributed by atoms with E-state index in [-0.39, 0.29) is 0 Å². The average Bonchev–Trinajstić information content (AvgIpc) is 2.99. The van der Waals surface area contributed by atoms with E-state index in [0.29, 0.717) is 5.82 Å². The number of benzene rings is 2. The zero-order valence-electron chi connectivity index (χ0n) is 12.9. The molecule has 2 aromatic heterocycles. The fourth-order valence-corrected chi connectivity index (χ4v) is 3.34. The first-order valence-corrected chi connectivity index (χ1v) is 8.35. The molecule has 0 amide bonds. The third-order valence-electron chi connectivity index (χ3n) is 3.87. The molecule has 2 aromatic carbocycles. The summed E-state index contributed by atoms with van der Waals surface area (Å²) in [6.45, 7) is 4.16. The molecular weight excluding hydrogens is 302 g/mol. The van der Waals surface area contributed by atoms with Gasteiger partial charge in [-0.15, -0.1) is 21.5 Å². The molecule has 2 heterocycles. The molecule has 0 aliphatic rings. The Morgan fingerprint density at radius 2 is 1.35 bits per heavy atom. The molecule has 0 aliphatic carbocycles. The Balaban J connectivity index is 1.86. The second-order valence-corrected chi connectivity index (χ2v) is 6.53. The molecule has 0 fully saturated rings. The number of thiophene rings is 1. The first-order valence-electron chi connectivity index (χ1n) is 7.47. The van der Waals surface area contributed by atoms with Crippen LogP contribution in [0.15, 0.2) is 53.9 Å². The maximum Gasteiger partial charge on any atom is 0.182 e. The van der Waals surface area contributed by atoms with E-state index < -0.39 is 0 Å². The van der Waals surface area contributed by atoms with Crippen LogP contribution >= 0.6 is 11.3 Å². The predicted octanol–water partition coefficient (Wildman–Crippen LogP) is 5.04. The van der Waals surface area contributed by atoms with Gasteiger partial charge in [-0.2, -0.15) is 0 Å². The van der Waals surface area contributed by atoms with E-state index in [1.807, 2.05) is 12.1 Å². The summed E-state index contributed by atoms with van der Waals surface area (Å²) in [7, 11) is 0. The smallest absolute Gasteiger partial charge is 0.182 e. The molecule has 4 rings (SSSR count). The van der Waals surface area contributed by atoms with E-state index in [9.17, 15) is 0 Å². The summed E-state index contributed by atoms with van der Waals surface area (Å²) in [5.41, 5.74) is 6.67. The van der Waals surface area contributed by atoms with Crippen molar-refractivity contribution in [3.8, 4) is 22.5 Å². The molecule has 112 valence electrons. The van der Waals surface area contributed by atoms with Crippen LogP contribution in [0.2, 0.25) is 0 Å². The molecule has 0 bridgehead atoms. The molecule has 23 heavy (non-hydrogen) atoms. The molecule has 0 unspecified atom stereocenters. The third kappa shape index (κ3) is 2.62. The van der Waals surface area contributed by atoms with Gasteiger partial charge in [-0.05, 0) is 19.4 Å². The Bertz CT molecular complexity index is 970. The first-order chi connectivity index (χ1) is 11.2. The van der Waals surface area contributed by atoms with Crippen LogP contribution in [0.3, 0.4) is 0 Å². The van der Waals surface area contributed by atoms with Crippen LogP contribution in [0.5, 0.6) is 0 Å². The maximum absolute atomic E-state index is 4.77. The monoisotopic (exact) mass is 317 g/mol. The van der Waals surface area contributed by atoms with Crippen LogP contribution in [0.4, 0.5) is 0 Å². The summed E-state index contributed by atoms with van der Waals surface area (Å²) in [6.07, 6.45) is 0. The Morgan fingerprint density at radius 3 is 2.00 bits per heavy atom. The standard InChI is InChI=1S/C19H15N3S/c1-12-3-7-14(8-4-12)16-11-23-19-17(16)20-18(21-22-19)15-9-5-13(2)6-10-15/h3-11H,1-2H3. The van der Waals surface area contributed by atoms with Gasteiger partial charge in [0.15, 0.2) is 10.7 Å². The summed E-state index contributed by atoms with van der Waals surface area (Å²) < 4.78 is 0. The van der Waals surface area contributed by atoms with Gasteiger partial charge in [0.1, 0.15) is 5.52 Å². The van der Waals surface area contributed by atoms with Gasteiger partial charge in [0.2, 0.25) is 0 Å². The molecule has 4 heteroatoms. The van der Waals surface area contributed by atoms with Gasteiger partial charge in [-0.3, -0.25) is 0 Å². The first kappa shape index (κ1) is 14.0. The summed E-state index contributed by atoms with van der Waals surface area (Å²) in [5.74, 6) is 0.671. The number of aromatic nitrogens is 3. The van der Waals surface area contributed by atoms with E-state index in [1.54, 1.807) is 11.3 Å². The molecule has 4 aromatic rings. The molecule has 3 nitrogen and oxygen atoms in total. The molecule has 0 saturated heterocycles. The fourth-order valence-electron chi connectivity index (χ4n) is 2.50. The van der Waals surface area contributed by atoms with Crippen LogP contribution in [0.25, 0.3) is 32.9 Å². The highest BCUT2D eigenvalue weighted by molar-refractivity contribution is 7.17. The van der Waals surface area contributed by atoms with E-state index in [4.69, 9.17) is 4.98 Å². The van der Waals surface area contributed by atoms with Crippen molar-refractivity contribution in [1.82, 2.24) is 15.2 Å². The second kappa shape index (κ2) is 5.56. The lowest BCUT2D eigenvalue weighted by molar-refractivity contribution is 1.04. The van der Waals surface area contributed by atoms with Crippen molar-refractivity contribution < 1.29 is 0 Å². The van der Waals surface area contributed by atoms with Crippen molar-refractivity contribution in [3.63, 3.8) is 0 Å². The molecule has 0 atom stereocenters. The van der Waals surface area contributed by atoms with Gasteiger partial charge in [-0.1, -0.05) is 59.7 Å². The van der Waals surface area contributed by atoms with Crippen molar-refractivity contribution in [2.75, 3.05) is 0 Å². The van der Waals surface area contributed by atoms with Gasteiger partial charge in [0.05, 0.1) is 0 Å². The highest BCUT2D eigenvalue weighted by Crippen LogP contribution is 2.32. The molecule has 0 N–H and O–H groups in total.